The van der Waals surface area contributed by atoms with Gasteiger partial charge in [0.15, 0.2) is 0 Å². The van der Waals surface area contributed by atoms with Crippen molar-refractivity contribution in [2.24, 2.45) is 5.92 Å². The van der Waals surface area contributed by atoms with Crippen LogP contribution in [0.25, 0.3) is 6.08 Å². The molecule has 1 heteroatoms. The molecule has 14 heavy (non-hydrogen) atoms. The quantitative estimate of drug-likeness (QED) is 0.645. The molecule has 0 N–H and O–H groups in total. The molecule has 1 atom stereocenters. The number of hydrogen-bond donors (Lipinski definition) is 0. The van der Waals surface area contributed by atoms with Crippen LogP contribution in [0.2, 0.25) is 0 Å². The maximum atomic E-state index is 5.39. The molecule has 1 fully saturated rings. The minimum absolute atomic E-state index is 0.398. The fraction of sp³-hybridized carbons (Fsp3) is 0.231. The third-order valence-electron chi connectivity index (χ3n) is 2.48. The van der Waals surface area contributed by atoms with Gasteiger partial charge in [0.25, 0.3) is 0 Å². The van der Waals surface area contributed by atoms with Gasteiger partial charge in [-0.05, 0) is 11.1 Å². The first-order chi connectivity index (χ1) is 6.90. The monoisotopic (exact) mass is 186 g/mol. The Morgan fingerprint density at radius 2 is 2.07 bits per heavy atom. The molecule has 1 aliphatic rings. The summed E-state index contributed by atoms with van der Waals surface area (Å²) >= 11 is 0. The van der Waals surface area contributed by atoms with Crippen molar-refractivity contribution in [3.63, 3.8) is 0 Å². The molecule has 0 aliphatic carbocycles. The van der Waals surface area contributed by atoms with Crippen molar-refractivity contribution in [1.29, 1.82) is 0 Å². The highest BCUT2D eigenvalue weighted by molar-refractivity contribution is 5.54. The Bertz CT molecular complexity index is 338. The third-order valence-corrected chi connectivity index (χ3v) is 2.48. The van der Waals surface area contributed by atoms with Gasteiger partial charge in [0.05, 0.1) is 13.2 Å². The lowest BCUT2D eigenvalue weighted by Gasteiger charge is -2.02. The highest BCUT2D eigenvalue weighted by Gasteiger charge is 2.17. The minimum atomic E-state index is 0.398. The average molecular weight is 186 g/mol. The van der Waals surface area contributed by atoms with Crippen molar-refractivity contribution in [3.8, 4) is 0 Å². The Balaban J connectivity index is 2.22. The van der Waals surface area contributed by atoms with Gasteiger partial charge in [-0.25, -0.2) is 0 Å². The minimum Gasteiger partial charge on any atom is -0.376 e. The molecule has 1 unspecified atom stereocenters. The van der Waals surface area contributed by atoms with Gasteiger partial charge in [-0.15, -0.1) is 6.58 Å². The molecule has 1 saturated heterocycles. The van der Waals surface area contributed by atoms with Crippen LogP contribution in [0.1, 0.15) is 5.56 Å². The molecule has 1 aliphatic heterocycles. The first-order valence-corrected chi connectivity index (χ1v) is 4.86. The predicted octanol–water partition coefficient (Wildman–Crippen LogP) is 2.90. The maximum Gasteiger partial charge on any atom is 0.0687 e. The fourth-order valence-electron chi connectivity index (χ4n) is 1.65. The lowest BCUT2D eigenvalue weighted by molar-refractivity contribution is 0.195. The van der Waals surface area contributed by atoms with Crippen molar-refractivity contribution in [2.45, 2.75) is 0 Å². The molecule has 1 aromatic carbocycles. The van der Waals surface area contributed by atoms with E-state index in [2.05, 4.69) is 24.8 Å². The van der Waals surface area contributed by atoms with E-state index in [1.165, 1.54) is 11.1 Å². The number of benzene rings is 1. The molecule has 72 valence electrons. The first kappa shape index (κ1) is 9.22. The van der Waals surface area contributed by atoms with E-state index < -0.39 is 0 Å². The molecule has 1 nitrogen and oxygen atoms in total. The van der Waals surface area contributed by atoms with Crippen molar-refractivity contribution in [3.05, 3.63) is 54.1 Å². The van der Waals surface area contributed by atoms with Crippen LogP contribution in [0, 0.1) is 5.92 Å². The van der Waals surface area contributed by atoms with Crippen molar-refractivity contribution < 1.29 is 4.74 Å². The van der Waals surface area contributed by atoms with Crippen LogP contribution < -0.4 is 0 Å². The Hall–Kier alpha value is -1.34. The summed E-state index contributed by atoms with van der Waals surface area (Å²) in [5, 5.41) is 0. The summed E-state index contributed by atoms with van der Waals surface area (Å²) in [6, 6.07) is 10.3. The normalized spacial score (nSPS) is 24.0. The van der Waals surface area contributed by atoms with Gasteiger partial charge >= 0.3 is 0 Å². The highest BCUT2D eigenvalue weighted by atomic mass is 16.5. The molecule has 1 heterocycles. The summed E-state index contributed by atoms with van der Waals surface area (Å²) in [5.41, 5.74) is 2.56. The molecule has 0 spiro atoms. The SMILES string of the molecule is C=CC1COC/C1=C/c1ccccc1. The third kappa shape index (κ3) is 1.94. The summed E-state index contributed by atoms with van der Waals surface area (Å²) < 4.78 is 5.39. The van der Waals surface area contributed by atoms with Gasteiger partial charge in [-0.3, -0.25) is 0 Å². The van der Waals surface area contributed by atoms with Crippen LogP contribution in [0.3, 0.4) is 0 Å². The Labute approximate surface area is 84.7 Å². The van der Waals surface area contributed by atoms with Gasteiger partial charge in [0.1, 0.15) is 0 Å². The Morgan fingerprint density at radius 1 is 1.29 bits per heavy atom. The van der Waals surface area contributed by atoms with Crippen LogP contribution in [0.4, 0.5) is 0 Å². The van der Waals surface area contributed by atoms with Gasteiger partial charge in [0.2, 0.25) is 0 Å². The van der Waals surface area contributed by atoms with E-state index in [1.54, 1.807) is 0 Å². The second-order valence-corrected chi connectivity index (χ2v) is 3.49. The topological polar surface area (TPSA) is 9.23 Å². The predicted molar refractivity (Wildman–Crippen MR) is 58.9 cm³/mol. The second-order valence-electron chi connectivity index (χ2n) is 3.49. The van der Waals surface area contributed by atoms with Crippen LogP contribution in [0.5, 0.6) is 0 Å². The maximum absolute atomic E-state index is 5.39. The van der Waals surface area contributed by atoms with Gasteiger partial charge in [0, 0.05) is 5.92 Å². The van der Waals surface area contributed by atoms with Crippen molar-refractivity contribution in [2.75, 3.05) is 13.2 Å². The molecule has 0 amide bonds. The molecular weight excluding hydrogens is 172 g/mol. The van der Waals surface area contributed by atoms with Crippen LogP contribution in [0.15, 0.2) is 48.6 Å². The molecule has 2 rings (SSSR count). The van der Waals surface area contributed by atoms with E-state index in [0.29, 0.717) is 5.92 Å². The molecule has 0 radical (unpaired) electrons. The van der Waals surface area contributed by atoms with E-state index >= 15 is 0 Å². The fourth-order valence-corrected chi connectivity index (χ4v) is 1.65. The zero-order valence-corrected chi connectivity index (χ0v) is 8.15. The smallest absolute Gasteiger partial charge is 0.0687 e. The van der Waals surface area contributed by atoms with Crippen LogP contribution in [-0.2, 0) is 4.74 Å². The Kier molecular flexibility index (Phi) is 2.80. The number of hydrogen-bond acceptors (Lipinski definition) is 1. The van der Waals surface area contributed by atoms with Gasteiger partial charge in [-0.2, -0.15) is 0 Å². The van der Waals surface area contributed by atoms with E-state index in [0.717, 1.165) is 13.2 Å². The molecule has 0 bridgehead atoms. The lowest BCUT2D eigenvalue weighted by atomic mass is 10.0. The summed E-state index contributed by atoms with van der Waals surface area (Å²) in [7, 11) is 0. The summed E-state index contributed by atoms with van der Waals surface area (Å²) in [6.07, 6.45) is 4.15. The van der Waals surface area contributed by atoms with Crippen molar-refractivity contribution >= 4 is 6.08 Å². The van der Waals surface area contributed by atoms with Crippen LogP contribution in [-0.4, -0.2) is 13.2 Å². The molecule has 0 aromatic heterocycles. The van der Waals surface area contributed by atoms with E-state index in [9.17, 15) is 0 Å². The largest absolute Gasteiger partial charge is 0.376 e. The van der Waals surface area contributed by atoms with Crippen LogP contribution >= 0.6 is 0 Å². The average Bonchev–Trinajstić information content (AvgIpc) is 2.67. The zero-order valence-electron chi connectivity index (χ0n) is 8.15. The van der Waals surface area contributed by atoms with Gasteiger partial charge in [-0.1, -0.05) is 42.5 Å². The Morgan fingerprint density at radius 3 is 2.79 bits per heavy atom. The standard InChI is InChI=1S/C13H14O/c1-2-12-9-14-10-13(12)8-11-6-4-3-5-7-11/h2-8,12H,1,9-10H2/b13-8-. The van der Waals surface area contributed by atoms with E-state index in [1.807, 2.05) is 24.3 Å². The zero-order chi connectivity index (χ0) is 9.80. The summed E-state index contributed by atoms with van der Waals surface area (Å²) in [6.45, 7) is 5.34. The van der Waals surface area contributed by atoms with E-state index in [-0.39, 0.29) is 0 Å². The number of rotatable bonds is 2. The first-order valence-electron chi connectivity index (χ1n) is 4.86. The van der Waals surface area contributed by atoms with Crippen molar-refractivity contribution in [1.82, 2.24) is 0 Å². The highest BCUT2D eigenvalue weighted by Crippen LogP contribution is 2.22. The molecule has 0 saturated carbocycles. The second kappa shape index (κ2) is 4.25. The molecule has 1 aromatic rings. The van der Waals surface area contributed by atoms with E-state index in [4.69, 9.17) is 4.74 Å². The number of ether oxygens (including phenoxy) is 1. The lowest BCUT2D eigenvalue weighted by Crippen LogP contribution is -1.96. The summed E-state index contributed by atoms with van der Waals surface area (Å²) in [4.78, 5) is 0. The molecular formula is C13H14O. The van der Waals surface area contributed by atoms with Gasteiger partial charge < -0.3 is 4.74 Å². The summed E-state index contributed by atoms with van der Waals surface area (Å²) in [5.74, 6) is 0.398.